The summed E-state index contributed by atoms with van der Waals surface area (Å²) >= 11 is 1.78. The van der Waals surface area contributed by atoms with E-state index in [4.69, 9.17) is 10.5 Å². The Labute approximate surface area is 119 Å². The van der Waals surface area contributed by atoms with E-state index in [-0.39, 0.29) is 11.9 Å². The van der Waals surface area contributed by atoms with Crippen molar-refractivity contribution in [3.63, 3.8) is 0 Å². The third kappa shape index (κ3) is 3.80. The molecule has 106 valence electrons. The highest BCUT2D eigenvalue weighted by atomic mass is 32.2. The first-order valence-corrected chi connectivity index (χ1v) is 7.60. The Morgan fingerprint density at radius 3 is 2.79 bits per heavy atom. The molecule has 4 nitrogen and oxygen atoms in total. The van der Waals surface area contributed by atoms with Crippen molar-refractivity contribution >= 4 is 23.4 Å². The van der Waals surface area contributed by atoms with Crippen molar-refractivity contribution in [3.8, 4) is 5.75 Å². The monoisotopic (exact) mass is 282 g/mol. The molecule has 0 aliphatic carbocycles. The van der Waals surface area contributed by atoms with Gasteiger partial charge in [0.15, 0.2) is 5.75 Å². The molecule has 2 N–H and O–H groups in total. The fraction of sp³-hybridized carbons (Fsp3) is 0.500. The Kier molecular flexibility index (Phi) is 6.02. The predicted octanol–water partition coefficient (Wildman–Crippen LogP) is 2.49. The Hall–Kier alpha value is -1.36. The van der Waals surface area contributed by atoms with Crippen molar-refractivity contribution in [1.82, 2.24) is 4.90 Å². The fourth-order valence-electron chi connectivity index (χ4n) is 1.82. The Balaban J connectivity index is 2.91. The molecule has 0 fully saturated rings. The summed E-state index contributed by atoms with van der Waals surface area (Å²) in [4.78, 5) is 14.2. The number of nitrogen functional groups attached to an aromatic ring is 1. The Morgan fingerprint density at radius 1 is 1.53 bits per heavy atom. The van der Waals surface area contributed by atoms with Crippen LogP contribution in [0.4, 0.5) is 5.69 Å². The molecule has 1 unspecified atom stereocenters. The van der Waals surface area contributed by atoms with Crippen LogP contribution in [0.5, 0.6) is 5.75 Å². The normalized spacial score (nSPS) is 12.0. The first-order valence-electron chi connectivity index (χ1n) is 6.21. The second-order valence-corrected chi connectivity index (χ2v) is 5.46. The van der Waals surface area contributed by atoms with Gasteiger partial charge in [0.05, 0.1) is 18.4 Å². The lowest BCUT2D eigenvalue weighted by Gasteiger charge is -2.25. The average Bonchev–Trinajstić information content (AvgIpc) is 2.42. The molecule has 1 amide bonds. The number of para-hydroxylation sites is 1. The molecule has 0 saturated heterocycles. The van der Waals surface area contributed by atoms with Gasteiger partial charge in [0.2, 0.25) is 0 Å². The second kappa shape index (κ2) is 7.28. The first-order chi connectivity index (χ1) is 9.02. The lowest BCUT2D eigenvalue weighted by Crippen LogP contribution is -2.35. The molecular formula is C14H22N2O2S. The number of hydrogen-bond donors (Lipinski definition) is 1. The third-order valence-corrected chi connectivity index (χ3v) is 3.85. The van der Waals surface area contributed by atoms with Crippen molar-refractivity contribution in [2.24, 2.45) is 0 Å². The molecular weight excluding hydrogens is 260 g/mol. The zero-order valence-corrected chi connectivity index (χ0v) is 12.8. The standard InChI is InChI=1S/C14H22N2O2S/c1-10(8-9-19-4)16(2)14(17)11-6-5-7-12(15)13(11)18-3/h5-7,10H,8-9,15H2,1-4H3. The number of thioether (sulfide) groups is 1. The number of carbonyl (C=O) groups is 1. The van der Waals surface area contributed by atoms with Crippen LogP contribution in [-0.2, 0) is 0 Å². The maximum Gasteiger partial charge on any atom is 0.257 e. The summed E-state index contributed by atoms with van der Waals surface area (Å²) in [5.41, 5.74) is 6.83. The van der Waals surface area contributed by atoms with Crippen LogP contribution in [0.15, 0.2) is 18.2 Å². The van der Waals surface area contributed by atoms with Crippen LogP contribution in [0, 0.1) is 0 Å². The summed E-state index contributed by atoms with van der Waals surface area (Å²) < 4.78 is 5.23. The van der Waals surface area contributed by atoms with Crippen LogP contribution in [0.3, 0.4) is 0 Å². The summed E-state index contributed by atoms with van der Waals surface area (Å²) in [5.74, 6) is 1.43. The number of nitrogens with zero attached hydrogens (tertiary/aromatic N) is 1. The van der Waals surface area contributed by atoms with Crippen molar-refractivity contribution in [3.05, 3.63) is 23.8 Å². The van der Waals surface area contributed by atoms with Crippen LogP contribution in [0.25, 0.3) is 0 Å². The van der Waals surface area contributed by atoms with Gasteiger partial charge in [-0.25, -0.2) is 0 Å². The molecule has 0 aliphatic rings. The van der Waals surface area contributed by atoms with Crippen LogP contribution in [-0.4, -0.2) is 43.0 Å². The number of methoxy groups -OCH3 is 1. The summed E-state index contributed by atoms with van der Waals surface area (Å²) in [5, 5.41) is 0. The molecule has 5 heteroatoms. The van der Waals surface area contributed by atoms with Gasteiger partial charge in [0.25, 0.3) is 5.91 Å². The quantitative estimate of drug-likeness (QED) is 0.814. The summed E-state index contributed by atoms with van der Waals surface area (Å²) in [6, 6.07) is 5.43. The van der Waals surface area contributed by atoms with Crippen LogP contribution < -0.4 is 10.5 Å². The maximum absolute atomic E-state index is 12.5. The van der Waals surface area contributed by atoms with Gasteiger partial charge in [-0.05, 0) is 37.5 Å². The van der Waals surface area contributed by atoms with E-state index in [0.29, 0.717) is 17.0 Å². The molecule has 1 aromatic carbocycles. The van der Waals surface area contributed by atoms with Gasteiger partial charge < -0.3 is 15.4 Å². The SMILES string of the molecule is COc1c(N)cccc1C(=O)N(C)C(C)CCSC. The zero-order chi connectivity index (χ0) is 14.4. The van der Waals surface area contributed by atoms with Crippen LogP contribution in [0.2, 0.25) is 0 Å². The Morgan fingerprint density at radius 2 is 2.21 bits per heavy atom. The van der Waals surface area contributed by atoms with Gasteiger partial charge in [-0.15, -0.1) is 0 Å². The smallest absolute Gasteiger partial charge is 0.257 e. The Bertz CT molecular complexity index is 437. The minimum atomic E-state index is -0.0576. The van der Waals surface area contributed by atoms with E-state index >= 15 is 0 Å². The molecule has 0 aliphatic heterocycles. The second-order valence-electron chi connectivity index (χ2n) is 4.47. The van der Waals surface area contributed by atoms with E-state index < -0.39 is 0 Å². The van der Waals surface area contributed by atoms with Crippen LogP contribution >= 0.6 is 11.8 Å². The highest BCUT2D eigenvalue weighted by molar-refractivity contribution is 7.98. The number of amides is 1. The minimum absolute atomic E-state index is 0.0576. The number of hydrogen-bond acceptors (Lipinski definition) is 4. The molecule has 1 aromatic rings. The van der Waals surface area contributed by atoms with Gasteiger partial charge in [-0.1, -0.05) is 6.07 Å². The van der Waals surface area contributed by atoms with E-state index in [1.807, 2.05) is 14.0 Å². The van der Waals surface area contributed by atoms with Crippen LogP contribution in [0.1, 0.15) is 23.7 Å². The van der Waals surface area contributed by atoms with Gasteiger partial charge in [0, 0.05) is 13.1 Å². The highest BCUT2D eigenvalue weighted by Gasteiger charge is 2.21. The lowest BCUT2D eigenvalue weighted by molar-refractivity contribution is 0.0738. The topological polar surface area (TPSA) is 55.6 Å². The van der Waals surface area contributed by atoms with Crippen molar-refractivity contribution in [1.29, 1.82) is 0 Å². The van der Waals surface area contributed by atoms with Crippen molar-refractivity contribution < 1.29 is 9.53 Å². The molecule has 0 saturated carbocycles. The average molecular weight is 282 g/mol. The van der Waals surface area contributed by atoms with E-state index in [0.717, 1.165) is 12.2 Å². The molecule has 19 heavy (non-hydrogen) atoms. The van der Waals surface area contributed by atoms with E-state index in [1.54, 1.807) is 34.9 Å². The van der Waals surface area contributed by atoms with Crippen molar-refractivity contribution in [2.45, 2.75) is 19.4 Å². The number of nitrogens with two attached hydrogens (primary N) is 1. The summed E-state index contributed by atoms with van der Waals surface area (Å²) in [7, 11) is 3.34. The third-order valence-electron chi connectivity index (χ3n) is 3.20. The molecule has 1 atom stereocenters. The fourth-order valence-corrected chi connectivity index (χ4v) is 2.40. The molecule has 1 rings (SSSR count). The summed E-state index contributed by atoms with van der Waals surface area (Å²) in [6.07, 6.45) is 3.03. The first kappa shape index (κ1) is 15.7. The molecule has 0 radical (unpaired) electrons. The largest absolute Gasteiger partial charge is 0.494 e. The number of anilines is 1. The maximum atomic E-state index is 12.5. The van der Waals surface area contributed by atoms with Gasteiger partial charge >= 0.3 is 0 Å². The molecule has 0 aromatic heterocycles. The summed E-state index contributed by atoms with van der Waals surface area (Å²) in [6.45, 7) is 2.05. The van der Waals surface area contributed by atoms with Gasteiger partial charge in [0.1, 0.15) is 0 Å². The van der Waals surface area contributed by atoms with Gasteiger partial charge in [-0.3, -0.25) is 4.79 Å². The number of benzene rings is 1. The van der Waals surface area contributed by atoms with E-state index in [9.17, 15) is 4.79 Å². The van der Waals surface area contributed by atoms with E-state index in [1.165, 1.54) is 7.11 Å². The van der Waals surface area contributed by atoms with E-state index in [2.05, 4.69) is 6.26 Å². The predicted molar refractivity (Wildman–Crippen MR) is 82.0 cm³/mol. The van der Waals surface area contributed by atoms with Crippen molar-refractivity contribution in [2.75, 3.05) is 31.9 Å². The lowest BCUT2D eigenvalue weighted by atomic mass is 10.1. The number of ether oxygens (including phenoxy) is 1. The number of rotatable bonds is 6. The van der Waals surface area contributed by atoms with Gasteiger partial charge in [-0.2, -0.15) is 11.8 Å². The molecule has 0 heterocycles. The zero-order valence-electron chi connectivity index (χ0n) is 12.0. The molecule has 0 spiro atoms. The molecule has 0 bridgehead atoms. The number of carbonyl (C=O) groups excluding carboxylic acids is 1. The minimum Gasteiger partial charge on any atom is -0.494 e. The highest BCUT2D eigenvalue weighted by Crippen LogP contribution is 2.27.